The minimum absolute atomic E-state index is 0.0444. The Kier molecular flexibility index (Phi) is 2.32. The first-order chi connectivity index (χ1) is 8.18. The first-order valence-electron chi connectivity index (χ1n) is 5.63. The molecule has 0 aliphatic carbocycles. The second-order valence-corrected chi connectivity index (χ2v) is 5.29. The SMILES string of the molecule is Nc1scc2c1CN([C@H]1CCCNC1=O)C2=O. The lowest BCUT2D eigenvalue weighted by Crippen LogP contribution is -2.50. The topological polar surface area (TPSA) is 75.4 Å². The van der Waals surface area contributed by atoms with Gasteiger partial charge in [0.2, 0.25) is 5.91 Å². The molecule has 0 aromatic carbocycles. The zero-order valence-electron chi connectivity index (χ0n) is 9.23. The second kappa shape index (κ2) is 3.73. The average Bonchev–Trinajstić information content (AvgIpc) is 2.83. The van der Waals surface area contributed by atoms with Crippen molar-refractivity contribution in [3.8, 4) is 0 Å². The molecule has 2 aliphatic heterocycles. The highest BCUT2D eigenvalue weighted by Gasteiger charge is 2.38. The van der Waals surface area contributed by atoms with Gasteiger partial charge in [-0.15, -0.1) is 11.3 Å². The van der Waals surface area contributed by atoms with Crippen LogP contribution in [0.1, 0.15) is 28.8 Å². The molecule has 3 N–H and O–H groups in total. The molecule has 1 atom stereocenters. The summed E-state index contributed by atoms with van der Waals surface area (Å²) in [5.41, 5.74) is 7.38. The summed E-state index contributed by atoms with van der Waals surface area (Å²) < 4.78 is 0. The minimum Gasteiger partial charge on any atom is -0.390 e. The molecule has 0 spiro atoms. The highest BCUT2D eigenvalue weighted by molar-refractivity contribution is 7.14. The molecule has 1 saturated heterocycles. The van der Waals surface area contributed by atoms with E-state index in [9.17, 15) is 9.59 Å². The van der Waals surface area contributed by atoms with Gasteiger partial charge in [-0.25, -0.2) is 0 Å². The van der Waals surface area contributed by atoms with Crippen molar-refractivity contribution in [2.75, 3.05) is 12.3 Å². The van der Waals surface area contributed by atoms with Crippen molar-refractivity contribution in [1.82, 2.24) is 10.2 Å². The van der Waals surface area contributed by atoms with Crippen molar-refractivity contribution < 1.29 is 9.59 Å². The monoisotopic (exact) mass is 251 g/mol. The van der Waals surface area contributed by atoms with E-state index in [1.54, 1.807) is 10.3 Å². The third kappa shape index (κ3) is 1.51. The number of nitrogens with zero attached hydrogens (tertiary/aromatic N) is 1. The van der Waals surface area contributed by atoms with Gasteiger partial charge in [0.25, 0.3) is 5.91 Å². The van der Waals surface area contributed by atoms with E-state index in [0.717, 1.165) is 18.4 Å². The van der Waals surface area contributed by atoms with Crippen LogP contribution < -0.4 is 11.1 Å². The van der Waals surface area contributed by atoms with E-state index < -0.39 is 0 Å². The maximum atomic E-state index is 12.2. The van der Waals surface area contributed by atoms with Crippen LogP contribution in [0.4, 0.5) is 5.00 Å². The van der Waals surface area contributed by atoms with E-state index in [2.05, 4.69) is 5.32 Å². The number of rotatable bonds is 1. The number of amides is 2. The van der Waals surface area contributed by atoms with Crippen LogP contribution in [-0.4, -0.2) is 29.3 Å². The van der Waals surface area contributed by atoms with Gasteiger partial charge in [-0.1, -0.05) is 0 Å². The van der Waals surface area contributed by atoms with E-state index in [1.807, 2.05) is 0 Å². The third-order valence-corrected chi connectivity index (χ3v) is 4.23. The molecule has 5 nitrogen and oxygen atoms in total. The highest BCUT2D eigenvalue weighted by Crippen LogP contribution is 2.34. The number of nitrogens with two attached hydrogens (primary N) is 1. The Labute approximate surface area is 103 Å². The van der Waals surface area contributed by atoms with Crippen LogP contribution in [0, 0.1) is 0 Å². The quantitative estimate of drug-likeness (QED) is 0.766. The van der Waals surface area contributed by atoms with Crippen molar-refractivity contribution in [2.45, 2.75) is 25.4 Å². The summed E-state index contributed by atoms with van der Waals surface area (Å²) in [6.45, 7) is 1.18. The predicted octanol–water partition coefficient (Wildman–Crippen LogP) is 0.565. The van der Waals surface area contributed by atoms with Crippen molar-refractivity contribution in [2.24, 2.45) is 0 Å². The van der Waals surface area contributed by atoms with E-state index in [-0.39, 0.29) is 17.9 Å². The van der Waals surface area contributed by atoms with Crippen LogP contribution in [-0.2, 0) is 11.3 Å². The average molecular weight is 251 g/mol. The standard InChI is InChI=1S/C11H13N3O2S/c12-9-6-4-14(11(16)7(6)5-17-9)8-2-1-3-13-10(8)15/h5,8H,1-4,12H2,(H,13,15)/t8-/m0/s1. The molecule has 2 aliphatic rings. The van der Waals surface area contributed by atoms with E-state index in [0.29, 0.717) is 23.7 Å². The molecule has 1 aromatic rings. The number of fused-ring (bicyclic) bond motifs is 1. The van der Waals surface area contributed by atoms with Crippen molar-refractivity contribution in [3.63, 3.8) is 0 Å². The van der Waals surface area contributed by atoms with Crippen LogP contribution in [0.15, 0.2) is 5.38 Å². The van der Waals surface area contributed by atoms with Crippen molar-refractivity contribution in [3.05, 3.63) is 16.5 Å². The fraction of sp³-hybridized carbons (Fsp3) is 0.455. The number of hydrogen-bond donors (Lipinski definition) is 2. The smallest absolute Gasteiger partial charge is 0.256 e. The Hall–Kier alpha value is -1.56. The van der Waals surface area contributed by atoms with E-state index in [4.69, 9.17) is 5.73 Å². The molecule has 1 fully saturated rings. The minimum atomic E-state index is -0.326. The molecule has 0 unspecified atom stereocenters. The fourth-order valence-corrected chi connectivity index (χ4v) is 3.25. The van der Waals surface area contributed by atoms with Crippen LogP contribution in [0.2, 0.25) is 0 Å². The summed E-state index contributed by atoms with van der Waals surface area (Å²) in [5, 5.41) is 5.27. The second-order valence-electron chi connectivity index (χ2n) is 4.37. The molecule has 17 heavy (non-hydrogen) atoms. The Balaban J connectivity index is 1.88. The largest absolute Gasteiger partial charge is 0.390 e. The van der Waals surface area contributed by atoms with Gasteiger partial charge in [0, 0.05) is 17.5 Å². The molecule has 2 amide bonds. The number of hydrogen-bond acceptors (Lipinski definition) is 4. The molecule has 3 rings (SSSR count). The fourth-order valence-electron chi connectivity index (χ4n) is 2.44. The molecule has 0 saturated carbocycles. The van der Waals surface area contributed by atoms with E-state index >= 15 is 0 Å². The van der Waals surface area contributed by atoms with Crippen molar-refractivity contribution >= 4 is 28.2 Å². The molecular weight excluding hydrogens is 238 g/mol. The Morgan fingerprint density at radius 3 is 3.00 bits per heavy atom. The normalized spacial score (nSPS) is 23.8. The van der Waals surface area contributed by atoms with Gasteiger partial charge in [-0.2, -0.15) is 0 Å². The van der Waals surface area contributed by atoms with Crippen LogP contribution >= 0.6 is 11.3 Å². The Morgan fingerprint density at radius 1 is 1.47 bits per heavy atom. The lowest BCUT2D eigenvalue weighted by Gasteiger charge is -2.30. The predicted molar refractivity (Wildman–Crippen MR) is 64.6 cm³/mol. The van der Waals surface area contributed by atoms with Crippen LogP contribution in [0.3, 0.4) is 0 Å². The Morgan fingerprint density at radius 2 is 2.29 bits per heavy atom. The lowest BCUT2D eigenvalue weighted by atomic mass is 10.1. The maximum absolute atomic E-state index is 12.2. The number of piperidine rings is 1. The number of nitrogens with one attached hydrogen (secondary N) is 1. The van der Waals surface area contributed by atoms with Gasteiger partial charge in [-0.05, 0) is 12.8 Å². The first-order valence-corrected chi connectivity index (χ1v) is 6.51. The summed E-state index contributed by atoms with van der Waals surface area (Å²) in [7, 11) is 0. The van der Waals surface area contributed by atoms with Gasteiger partial charge in [0.15, 0.2) is 0 Å². The number of anilines is 1. The summed E-state index contributed by atoms with van der Waals surface area (Å²) in [5.74, 6) is -0.105. The lowest BCUT2D eigenvalue weighted by molar-refractivity contribution is -0.127. The molecular formula is C11H13N3O2S. The van der Waals surface area contributed by atoms with Gasteiger partial charge in [0.05, 0.1) is 17.1 Å². The van der Waals surface area contributed by atoms with Gasteiger partial charge in [0.1, 0.15) is 6.04 Å². The number of carbonyl (C=O) groups is 2. The van der Waals surface area contributed by atoms with Crippen molar-refractivity contribution in [1.29, 1.82) is 0 Å². The number of carbonyl (C=O) groups excluding carboxylic acids is 2. The third-order valence-electron chi connectivity index (χ3n) is 3.38. The molecule has 0 bridgehead atoms. The number of nitrogen functional groups attached to an aromatic ring is 1. The molecule has 90 valence electrons. The molecule has 0 radical (unpaired) electrons. The molecule has 1 aromatic heterocycles. The zero-order valence-corrected chi connectivity index (χ0v) is 10.0. The van der Waals surface area contributed by atoms with Crippen LogP contribution in [0.5, 0.6) is 0 Å². The zero-order chi connectivity index (χ0) is 12.0. The van der Waals surface area contributed by atoms with Gasteiger partial charge < -0.3 is 16.0 Å². The number of thiophene rings is 1. The first kappa shape index (κ1) is 10.6. The summed E-state index contributed by atoms with van der Waals surface area (Å²) in [6, 6.07) is -0.326. The van der Waals surface area contributed by atoms with Gasteiger partial charge in [-0.3, -0.25) is 9.59 Å². The van der Waals surface area contributed by atoms with E-state index in [1.165, 1.54) is 11.3 Å². The maximum Gasteiger partial charge on any atom is 0.256 e. The van der Waals surface area contributed by atoms with Crippen LogP contribution in [0.25, 0.3) is 0 Å². The summed E-state index contributed by atoms with van der Waals surface area (Å²) >= 11 is 1.39. The summed E-state index contributed by atoms with van der Waals surface area (Å²) in [4.78, 5) is 25.5. The van der Waals surface area contributed by atoms with Gasteiger partial charge >= 0.3 is 0 Å². The highest BCUT2D eigenvalue weighted by atomic mass is 32.1. The molecule has 6 heteroatoms. The Bertz CT molecular complexity index is 497. The molecule has 3 heterocycles. The summed E-state index contributed by atoms with van der Waals surface area (Å²) in [6.07, 6.45) is 1.66.